The van der Waals surface area contributed by atoms with Gasteiger partial charge in [-0.3, -0.25) is 9.59 Å². The van der Waals surface area contributed by atoms with Crippen LogP contribution in [0.1, 0.15) is 17.0 Å². The number of aliphatic hydroxyl groups is 2. The van der Waals surface area contributed by atoms with E-state index in [9.17, 15) is 19.8 Å². The van der Waals surface area contributed by atoms with Crippen LogP contribution in [0.3, 0.4) is 0 Å². The Morgan fingerprint density at radius 1 is 1.06 bits per heavy atom. The molecule has 0 spiro atoms. The largest absolute Gasteiger partial charge is 0.495 e. The van der Waals surface area contributed by atoms with Gasteiger partial charge in [-0.2, -0.15) is 0 Å². The quantitative estimate of drug-likeness (QED) is 0.538. The first-order chi connectivity index (χ1) is 16.0. The van der Waals surface area contributed by atoms with Gasteiger partial charge in [0, 0.05) is 32.7 Å². The number of aliphatic hydroxyl groups excluding tert-OH is 2. The molecule has 1 aromatic carbocycles. The fourth-order valence-electron chi connectivity index (χ4n) is 4.24. The Bertz CT molecular complexity index is 943. The highest BCUT2D eigenvalue weighted by Crippen LogP contribution is 2.29. The summed E-state index contributed by atoms with van der Waals surface area (Å²) in [5, 5.41) is 23.3. The molecule has 2 fully saturated rings. The molecule has 0 radical (unpaired) electrons. The van der Waals surface area contributed by atoms with Crippen molar-refractivity contribution in [2.75, 3.05) is 44.7 Å². The molecule has 178 valence electrons. The lowest BCUT2D eigenvalue weighted by molar-refractivity contribution is -0.135. The molecule has 0 bridgehead atoms. The van der Waals surface area contributed by atoms with E-state index in [1.165, 1.54) is 12.3 Å². The summed E-state index contributed by atoms with van der Waals surface area (Å²) in [5.41, 5.74) is 0.990. The van der Waals surface area contributed by atoms with E-state index in [4.69, 9.17) is 13.9 Å². The number of anilines is 1. The van der Waals surface area contributed by atoms with Crippen LogP contribution in [-0.4, -0.2) is 91.2 Å². The molecule has 0 saturated carbocycles. The second kappa shape index (κ2) is 10.2. The number of methoxy groups -OCH3 is 1. The SMILES string of the molecule is COc1ccccc1N1CCN(C(=O)CC2OC(CNC(=O)c3ccco3)C(O)C2O)CC1. The van der Waals surface area contributed by atoms with Crippen LogP contribution < -0.4 is 15.0 Å². The number of hydrogen-bond acceptors (Lipinski definition) is 8. The molecule has 3 N–H and O–H groups in total. The number of rotatable bonds is 7. The fraction of sp³-hybridized carbons (Fsp3) is 0.478. The zero-order chi connectivity index (χ0) is 23.4. The van der Waals surface area contributed by atoms with Crippen LogP contribution in [0, 0.1) is 0 Å². The molecule has 2 amide bonds. The summed E-state index contributed by atoms with van der Waals surface area (Å²) >= 11 is 0. The molecule has 0 aliphatic carbocycles. The summed E-state index contributed by atoms with van der Waals surface area (Å²) in [6.07, 6.45) is -2.74. The number of benzene rings is 1. The monoisotopic (exact) mass is 459 g/mol. The number of nitrogens with one attached hydrogen (secondary N) is 1. The topological polar surface area (TPSA) is 125 Å². The summed E-state index contributed by atoms with van der Waals surface area (Å²) < 4.78 is 16.2. The molecule has 2 aliphatic heterocycles. The van der Waals surface area contributed by atoms with Gasteiger partial charge in [-0.1, -0.05) is 12.1 Å². The number of carbonyl (C=O) groups is 2. The Morgan fingerprint density at radius 2 is 1.79 bits per heavy atom. The zero-order valence-corrected chi connectivity index (χ0v) is 18.4. The zero-order valence-electron chi connectivity index (χ0n) is 18.4. The minimum Gasteiger partial charge on any atom is -0.495 e. The normalized spacial score (nSPS) is 25.2. The number of carbonyl (C=O) groups excluding carboxylic acids is 2. The maximum atomic E-state index is 12.8. The predicted octanol–water partition coefficient (Wildman–Crippen LogP) is 0.246. The maximum Gasteiger partial charge on any atom is 0.287 e. The van der Waals surface area contributed by atoms with Crippen molar-refractivity contribution in [2.45, 2.75) is 30.8 Å². The molecule has 2 aromatic rings. The molecule has 4 unspecified atom stereocenters. The van der Waals surface area contributed by atoms with E-state index in [2.05, 4.69) is 10.2 Å². The van der Waals surface area contributed by atoms with E-state index in [1.54, 1.807) is 18.1 Å². The van der Waals surface area contributed by atoms with Gasteiger partial charge in [-0.15, -0.1) is 0 Å². The van der Waals surface area contributed by atoms with Crippen LogP contribution in [0.15, 0.2) is 47.1 Å². The van der Waals surface area contributed by atoms with Crippen LogP contribution in [0.2, 0.25) is 0 Å². The third-order valence-electron chi connectivity index (χ3n) is 6.10. The first-order valence-electron chi connectivity index (χ1n) is 11.0. The van der Waals surface area contributed by atoms with Crippen molar-refractivity contribution in [3.63, 3.8) is 0 Å². The lowest BCUT2D eigenvalue weighted by atomic mass is 10.0. The maximum absolute atomic E-state index is 12.8. The van der Waals surface area contributed by atoms with E-state index in [0.717, 1.165) is 11.4 Å². The van der Waals surface area contributed by atoms with E-state index >= 15 is 0 Å². The van der Waals surface area contributed by atoms with Crippen LogP contribution in [-0.2, 0) is 9.53 Å². The molecule has 10 heteroatoms. The highest BCUT2D eigenvalue weighted by atomic mass is 16.5. The van der Waals surface area contributed by atoms with Crippen molar-refractivity contribution < 1.29 is 33.7 Å². The summed E-state index contributed by atoms with van der Waals surface area (Å²) in [4.78, 5) is 28.7. The average molecular weight is 459 g/mol. The van der Waals surface area contributed by atoms with Crippen molar-refractivity contribution in [3.05, 3.63) is 48.4 Å². The fourth-order valence-corrected chi connectivity index (χ4v) is 4.24. The number of nitrogens with zero attached hydrogens (tertiary/aromatic N) is 2. The Hall–Kier alpha value is -3.08. The van der Waals surface area contributed by atoms with Gasteiger partial charge < -0.3 is 39.2 Å². The number of ether oxygens (including phenoxy) is 2. The smallest absolute Gasteiger partial charge is 0.287 e. The summed E-state index contributed by atoms with van der Waals surface area (Å²) in [5.74, 6) is 0.338. The van der Waals surface area contributed by atoms with Crippen LogP contribution >= 0.6 is 0 Å². The van der Waals surface area contributed by atoms with E-state index < -0.39 is 30.3 Å². The van der Waals surface area contributed by atoms with Crippen LogP contribution in [0.25, 0.3) is 0 Å². The number of para-hydroxylation sites is 2. The van der Waals surface area contributed by atoms with Crippen molar-refractivity contribution >= 4 is 17.5 Å². The van der Waals surface area contributed by atoms with Gasteiger partial charge in [0.2, 0.25) is 5.91 Å². The predicted molar refractivity (Wildman–Crippen MR) is 118 cm³/mol. The van der Waals surface area contributed by atoms with E-state index in [0.29, 0.717) is 26.2 Å². The minimum atomic E-state index is -1.21. The lowest BCUT2D eigenvalue weighted by Crippen LogP contribution is -2.50. The van der Waals surface area contributed by atoms with Gasteiger partial charge in [0.05, 0.1) is 31.6 Å². The molecule has 33 heavy (non-hydrogen) atoms. The van der Waals surface area contributed by atoms with Gasteiger partial charge in [0.15, 0.2) is 5.76 Å². The molecular weight excluding hydrogens is 430 g/mol. The first kappa shape index (κ1) is 23.1. The first-order valence-corrected chi connectivity index (χ1v) is 11.0. The second-order valence-electron chi connectivity index (χ2n) is 8.13. The summed E-state index contributed by atoms with van der Waals surface area (Å²) in [6, 6.07) is 10.9. The summed E-state index contributed by atoms with van der Waals surface area (Å²) in [7, 11) is 1.63. The third-order valence-corrected chi connectivity index (χ3v) is 6.10. The average Bonchev–Trinajstić information content (AvgIpc) is 3.48. The number of hydrogen-bond donors (Lipinski definition) is 3. The number of piperazine rings is 1. The second-order valence-corrected chi connectivity index (χ2v) is 8.13. The minimum absolute atomic E-state index is 0.0139. The van der Waals surface area contributed by atoms with Crippen molar-refractivity contribution in [1.29, 1.82) is 0 Å². The van der Waals surface area contributed by atoms with Gasteiger partial charge in [-0.05, 0) is 24.3 Å². The van der Waals surface area contributed by atoms with Crippen molar-refractivity contribution in [2.24, 2.45) is 0 Å². The van der Waals surface area contributed by atoms with Gasteiger partial charge in [0.1, 0.15) is 24.1 Å². The molecular formula is C23H29N3O7. The number of furan rings is 1. The number of amides is 2. The highest BCUT2D eigenvalue weighted by Gasteiger charge is 2.44. The van der Waals surface area contributed by atoms with Crippen LogP contribution in [0.4, 0.5) is 5.69 Å². The molecule has 4 atom stereocenters. The Morgan fingerprint density at radius 3 is 2.48 bits per heavy atom. The van der Waals surface area contributed by atoms with Gasteiger partial charge in [-0.25, -0.2) is 0 Å². The van der Waals surface area contributed by atoms with Crippen LogP contribution in [0.5, 0.6) is 5.75 Å². The van der Waals surface area contributed by atoms with Gasteiger partial charge in [0.25, 0.3) is 5.91 Å². The third kappa shape index (κ3) is 5.13. The summed E-state index contributed by atoms with van der Waals surface area (Å²) in [6.45, 7) is 2.37. The lowest BCUT2D eigenvalue weighted by Gasteiger charge is -2.37. The highest BCUT2D eigenvalue weighted by molar-refractivity contribution is 5.91. The molecule has 3 heterocycles. The molecule has 10 nitrogen and oxygen atoms in total. The molecule has 2 aliphatic rings. The molecule has 4 rings (SSSR count). The molecule has 2 saturated heterocycles. The Labute approximate surface area is 191 Å². The molecule has 1 aromatic heterocycles. The van der Waals surface area contributed by atoms with Crippen molar-refractivity contribution in [1.82, 2.24) is 10.2 Å². The van der Waals surface area contributed by atoms with E-state index in [-0.39, 0.29) is 24.6 Å². The standard InChI is InChI=1S/C23H29N3O7/c1-31-16-6-3-2-5-15(16)25-8-10-26(11-9-25)20(27)13-18-21(28)22(29)19(33-18)14-24-23(30)17-7-4-12-32-17/h2-7,12,18-19,21-22,28-29H,8-11,13-14H2,1H3,(H,24,30). The van der Waals surface area contributed by atoms with E-state index in [1.807, 2.05) is 24.3 Å². The van der Waals surface area contributed by atoms with Gasteiger partial charge >= 0.3 is 0 Å². The Balaban J connectivity index is 1.26. The van der Waals surface area contributed by atoms with Crippen molar-refractivity contribution in [3.8, 4) is 5.75 Å². The Kier molecular flexibility index (Phi) is 7.17.